The maximum absolute atomic E-state index is 12.3. The summed E-state index contributed by atoms with van der Waals surface area (Å²) >= 11 is 3.02. The Morgan fingerprint density at radius 3 is 2.71 bits per heavy atom. The number of nitrogens with zero attached hydrogens (tertiary/aromatic N) is 2. The lowest BCUT2D eigenvalue weighted by Gasteiger charge is -2.19. The van der Waals surface area contributed by atoms with Crippen molar-refractivity contribution in [1.29, 1.82) is 0 Å². The highest BCUT2D eigenvalue weighted by atomic mass is 79.9. The summed E-state index contributed by atoms with van der Waals surface area (Å²) in [7, 11) is 0. The van der Waals surface area contributed by atoms with Gasteiger partial charge in [-0.2, -0.15) is 18.3 Å². The summed E-state index contributed by atoms with van der Waals surface area (Å²) in [5.41, 5.74) is 5.15. The van der Waals surface area contributed by atoms with Crippen molar-refractivity contribution < 1.29 is 13.2 Å². The molecule has 0 spiro atoms. The van der Waals surface area contributed by atoms with Crippen LogP contribution in [0.2, 0.25) is 0 Å². The molecule has 9 heteroatoms. The highest BCUT2D eigenvalue weighted by Gasteiger charge is 2.29. The van der Waals surface area contributed by atoms with E-state index >= 15 is 0 Å². The number of hydrogen-bond acceptors (Lipinski definition) is 4. The number of anilines is 1. The van der Waals surface area contributed by atoms with E-state index in [-0.39, 0.29) is 10.5 Å². The second-order valence-corrected chi connectivity index (χ2v) is 5.46. The Kier molecular flexibility index (Phi) is 6.66. The van der Waals surface area contributed by atoms with Crippen molar-refractivity contribution in [3.63, 3.8) is 0 Å². The zero-order valence-electron chi connectivity index (χ0n) is 11.6. The first-order valence-electron chi connectivity index (χ1n) is 6.57. The second kappa shape index (κ2) is 7.79. The average molecular weight is 371 g/mol. The molecule has 1 heterocycles. The molecule has 1 aromatic rings. The zero-order valence-corrected chi connectivity index (χ0v) is 13.2. The van der Waals surface area contributed by atoms with Gasteiger partial charge in [-0.25, -0.2) is 4.68 Å². The number of unbranched alkanes of at least 4 members (excludes halogenated alkanes) is 1. The molecule has 0 radical (unpaired) electrons. The molecule has 0 bridgehead atoms. The van der Waals surface area contributed by atoms with Gasteiger partial charge in [0.2, 0.25) is 0 Å². The Hall–Kier alpha value is -1.09. The number of halogens is 4. The molecule has 5 nitrogen and oxygen atoms in total. The smallest absolute Gasteiger partial charge is 0.379 e. The van der Waals surface area contributed by atoms with Crippen LogP contribution in [0, 0.1) is 0 Å². The number of alkyl halides is 3. The molecule has 21 heavy (non-hydrogen) atoms. The molecule has 1 unspecified atom stereocenters. The summed E-state index contributed by atoms with van der Waals surface area (Å²) in [5.74, 6) is 0. The van der Waals surface area contributed by atoms with E-state index in [0.29, 0.717) is 16.9 Å². The Labute approximate surface area is 128 Å². The van der Waals surface area contributed by atoms with Gasteiger partial charge in [0.15, 0.2) is 0 Å². The van der Waals surface area contributed by atoms with Crippen molar-refractivity contribution in [2.24, 2.45) is 5.73 Å². The van der Waals surface area contributed by atoms with Gasteiger partial charge in [-0.05, 0) is 22.4 Å². The van der Waals surface area contributed by atoms with Crippen LogP contribution in [0.1, 0.15) is 26.2 Å². The average Bonchev–Trinajstić information content (AvgIpc) is 2.41. The molecule has 1 aromatic heterocycles. The SMILES string of the molecule is CCCCC(CN)Nc1cnn(CC(F)(F)F)c(=O)c1Br. The van der Waals surface area contributed by atoms with Crippen LogP contribution >= 0.6 is 15.9 Å². The molecule has 0 aromatic carbocycles. The van der Waals surface area contributed by atoms with Crippen molar-refractivity contribution in [3.05, 3.63) is 21.0 Å². The van der Waals surface area contributed by atoms with E-state index in [1.165, 1.54) is 6.20 Å². The van der Waals surface area contributed by atoms with Crippen LogP contribution in [-0.4, -0.2) is 28.5 Å². The van der Waals surface area contributed by atoms with Crippen molar-refractivity contribution in [1.82, 2.24) is 9.78 Å². The standard InChI is InChI=1S/C12H18BrF3N4O/c1-2-3-4-8(5-17)19-9-6-18-20(7-12(14,15)16)11(21)10(9)13/h6,8,19H,2-5,7,17H2,1H3. The first-order valence-corrected chi connectivity index (χ1v) is 7.36. The van der Waals surface area contributed by atoms with E-state index in [1.807, 2.05) is 6.92 Å². The molecule has 1 atom stereocenters. The lowest BCUT2D eigenvalue weighted by molar-refractivity contribution is -0.143. The summed E-state index contributed by atoms with van der Waals surface area (Å²) in [5, 5.41) is 6.58. The third-order valence-corrected chi connectivity index (χ3v) is 3.63. The third-order valence-electron chi connectivity index (χ3n) is 2.86. The van der Waals surface area contributed by atoms with Crippen LogP contribution < -0.4 is 16.6 Å². The van der Waals surface area contributed by atoms with Crippen LogP contribution in [0.25, 0.3) is 0 Å². The molecule has 120 valence electrons. The normalized spacial score (nSPS) is 13.2. The monoisotopic (exact) mass is 370 g/mol. The fraction of sp³-hybridized carbons (Fsp3) is 0.667. The van der Waals surface area contributed by atoms with Crippen LogP contribution in [-0.2, 0) is 6.54 Å². The molecular formula is C12H18BrF3N4O. The summed E-state index contributed by atoms with van der Waals surface area (Å²) in [6.45, 7) is 0.988. The number of nitrogens with one attached hydrogen (secondary N) is 1. The molecular weight excluding hydrogens is 353 g/mol. The van der Waals surface area contributed by atoms with Gasteiger partial charge in [0.05, 0.1) is 11.9 Å². The summed E-state index contributed by atoms with van der Waals surface area (Å²) < 4.78 is 37.3. The highest BCUT2D eigenvalue weighted by molar-refractivity contribution is 9.10. The Morgan fingerprint density at radius 1 is 1.52 bits per heavy atom. The van der Waals surface area contributed by atoms with E-state index in [0.717, 1.165) is 19.3 Å². The Balaban J connectivity index is 2.91. The molecule has 0 amide bonds. The van der Waals surface area contributed by atoms with Gasteiger partial charge < -0.3 is 11.1 Å². The van der Waals surface area contributed by atoms with Gasteiger partial charge in [0.25, 0.3) is 5.56 Å². The van der Waals surface area contributed by atoms with Gasteiger partial charge >= 0.3 is 6.18 Å². The maximum Gasteiger partial charge on any atom is 0.408 e. The zero-order chi connectivity index (χ0) is 16.0. The largest absolute Gasteiger partial charge is 0.408 e. The first-order chi connectivity index (χ1) is 9.78. The molecule has 3 N–H and O–H groups in total. The van der Waals surface area contributed by atoms with E-state index in [9.17, 15) is 18.0 Å². The molecule has 1 rings (SSSR count). The Bertz CT molecular complexity index is 518. The van der Waals surface area contributed by atoms with Crippen LogP contribution in [0.15, 0.2) is 15.5 Å². The van der Waals surface area contributed by atoms with Crippen LogP contribution in [0.3, 0.4) is 0 Å². The molecule has 0 aliphatic rings. The number of nitrogens with two attached hydrogens (primary N) is 1. The molecule has 0 saturated carbocycles. The molecule has 0 aliphatic carbocycles. The topological polar surface area (TPSA) is 72.9 Å². The predicted octanol–water partition coefficient (Wildman–Crippen LogP) is 2.50. The number of aromatic nitrogens is 2. The van der Waals surface area contributed by atoms with E-state index in [4.69, 9.17) is 5.73 Å². The van der Waals surface area contributed by atoms with Crippen molar-refractivity contribution in [2.75, 3.05) is 11.9 Å². The summed E-state index contributed by atoms with van der Waals surface area (Å²) in [6, 6.07) is -0.0547. The minimum absolute atomic E-state index is 0.0247. The molecule has 0 fully saturated rings. The van der Waals surface area contributed by atoms with Gasteiger partial charge in [-0.15, -0.1) is 0 Å². The Morgan fingerprint density at radius 2 is 2.19 bits per heavy atom. The van der Waals surface area contributed by atoms with E-state index in [1.54, 1.807) is 0 Å². The van der Waals surface area contributed by atoms with Crippen LogP contribution in [0.4, 0.5) is 18.9 Å². The predicted molar refractivity (Wildman–Crippen MR) is 78.2 cm³/mol. The fourth-order valence-electron chi connectivity index (χ4n) is 1.77. The van der Waals surface area contributed by atoms with E-state index < -0.39 is 18.3 Å². The molecule has 0 aliphatic heterocycles. The maximum atomic E-state index is 12.3. The van der Waals surface area contributed by atoms with Crippen molar-refractivity contribution in [2.45, 2.75) is 44.9 Å². The van der Waals surface area contributed by atoms with Crippen LogP contribution in [0.5, 0.6) is 0 Å². The quantitative estimate of drug-likeness (QED) is 0.773. The van der Waals surface area contributed by atoms with Crippen molar-refractivity contribution >= 4 is 21.6 Å². The van der Waals surface area contributed by atoms with Gasteiger partial charge in [-0.3, -0.25) is 4.79 Å². The van der Waals surface area contributed by atoms with Crippen molar-refractivity contribution in [3.8, 4) is 0 Å². The number of hydrogen-bond donors (Lipinski definition) is 2. The van der Waals surface area contributed by atoms with Gasteiger partial charge in [0.1, 0.15) is 11.0 Å². The lowest BCUT2D eigenvalue weighted by atomic mass is 10.1. The number of rotatable bonds is 7. The lowest BCUT2D eigenvalue weighted by Crippen LogP contribution is -2.33. The highest BCUT2D eigenvalue weighted by Crippen LogP contribution is 2.20. The third kappa shape index (κ3) is 5.66. The minimum Gasteiger partial charge on any atom is -0.379 e. The minimum atomic E-state index is -4.49. The van der Waals surface area contributed by atoms with E-state index in [2.05, 4.69) is 26.3 Å². The van der Waals surface area contributed by atoms with Gasteiger partial charge in [0, 0.05) is 12.6 Å². The second-order valence-electron chi connectivity index (χ2n) is 4.67. The first kappa shape index (κ1) is 18.0. The summed E-state index contributed by atoms with van der Waals surface area (Å²) in [4.78, 5) is 11.8. The summed E-state index contributed by atoms with van der Waals surface area (Å²) in [6.07, 6.45) is -0.515. The van der Waals surface area contributed by atoms with Gasteiger partial charge in [-0.1, -0.05) is 19.8 Å². The fourth-order valence-corrected chi connectivity index (χ4v) is 2.19. The molecule has 0 saturated heterocycles.